The second-order valence-electron chi connectivity index (χ2n) is 7.98. The van der Waals surface area contributed by atoms with Gasteiger partial charge in [0, 0.05) is 11.1 Å². The van der Waals surface area contributed by atoms with Gasteiger partial charge in [-0.25, -0.2) is 13.2 Å². The number of hydrogen-bond donors (Lipinski definition) is 0. The lowest BCUT2D eigenvalue weighted by atomic mass is 9.93. The third kappa shape index (κ3) is 4.18. The van der Waals surface area contributed by atoms with E-state index in [4.69, 9.17) is 4.42 Å². The van der Waals surface area contributed by atoms with Crippen molar-refractivity contribution in [3.8, 4) is 17.4 Å². The molecule has 1 atom stereocenters. The lowest BCUT2D eigenvalue weighted by Gasteiger charge is -2.31. The van der Waals surface area contributed by atoms with Gasteiger partial charge in [-0.2, -0.15) is 5.26 Å². The van der Waals surface area contributed by atoms with Crippen LogP contribution >= 0.6 is 0 Å². The van der Waals surface area contributed by atoms with Crippen LogP contribution in [-0.4, -0.2) is 55.8 Å². The fourth-order valence-corrected chi connectivity index (χ4v) is 5.73. The van der Waals surface area contributed by atoms with Gasteiger partial charge in [-0.05, 0) is 49.3 Å². The molecule has 0 radical (unpaired) electrons. The van der Waals surface area contributed by atoms with Crippen LogP contribution in [0.25, 0.3) is 17.4 Å². The zero-order valence-electron chi connectivity index (χ0n) is 18.4. The normalized spacial score (nSPS) is 21.1. The summed E-state index contributed by atoms with van der Waals surface area (Å²) >= 11 is 0. The van der Waals surface area contributed by atoms with Crippen molar-refractivity contribution in [3.05, 3.63) is 64.4 Å². The first kappa shape index (κ1) is 23.2. The lowest BCUT2D eigenvalue weighted by molar-refractivity contribution is -0.142. The molecular formula is C24H20N2O7S. The number of esters is 1. The van der Waals surface area contributed by atoms with Crippen LogP contribution < -0.4 is 0 Å². The summed E-state index contributed by atoms with van der Waals surface area (Å²) < 4.78 is 34.4. The number of sulfone groups is 1. The smallest absolute Gasteiger partial charge is 0.337 e. The number of rotatable bonds is 4. The van der Waals surface area contributed by atoms with Crippen LogP contribution in [-0.2, 0) is 24.2 Å². The summed E-state index contributed by atoms with van der Waals surface area (Å²) in [4.78, 5) is 38.5. The number of carbonyl (C=O) groups excluding carboxylic acids is 3. The molecule has 0 bridgehead atoms. The molecule has 2 aliphatic heterocycles. The number of nitriles is 1. The number of furan rings is 1. The van der Waals surface area contributed by atoms with E-state index < -0.39 is 33.7 Å². The molecule has 1 aromatic heterocycles. The van der Waals surface area contributed by atoms with Crippen molar-refractivity contribution < 1.29 is 32.0 Å². The zero-order chi connectivity index (χ0) is 24.6. The first-order valence-electron chi connectivity index (χ1n) is 10.3. The lowest BCUT2D eigenvalue weighted by Crippen LogP contribution is -2.49. The molecule has 2 amide bonds. The fraction of sp³-hybridized carbons (Fsp3) is 0.250. The Morgan fingerprint density at radius 1 is 1.18 bits per heavy atom. The van der Waals surface area contributed by atoms with Crippen molar-refractivity contribution in [1.82, 2.24) is 4.90 Å². The molecule has 0 aliphatic carbocycles. The summed E-state index contributed by atoms with van der Waals surface area (Å²) in [6, 6.07) is 10.9. The number of benzene rings is 1. The summed E-state index contributed by atoms with van der Waals surface area (Å²) in [7, 11) is -2.06. The molecule has 174 valence electrons. The first-order chi connectivity index (χ1) is 16.1. The van der Waals surface area contributed by atoms with Crippen LogP contribution in [0.3, 0.4) is 0 Å². The molecule has 3 heterocycles. The number of amides is 2. The standard InChI is InChI=1S/C24H20N2O7S/c1-14-19(22(27)26(23(28)20(14)12-25)17-9-10-34(30,31)13-17)11-18-7-8-21(33-18)15-3-5-16(6-4-15)24(29)32-2/h3-8,11,17H,9-10,13H2,1-2H3/b19-11-/t17-/m1/s1. The molecule has 2 aliphatic rings. The van der Waals surface area contributed by atoms with Crippen LogP contribution in [0.5, 0.6) is 0 Å². The number of ether oxygens (including phenoxy) is 1. The topological polar surface area (TPSA) is 135 Å². The van der Waals surface area contributed by atoms with Crippen LogP contribution in [0, 0.1) is 11.3 Å². The van der Waals surface area contributed by atoms with E-state index in [-0.39, 0.29) is 34.6 Å². The van der Waals surface area contributed by atoms with Crippen LogP contribution in [0.1, 0.15) is 29.5 Å². The molecule has 9 nitrogen and oxygen atoms in total. The van der Waals surface area contributed by atoms with Gasteiger partial charge >= 0.3 is 5.97 Å². The maximum atomic E-state index is 13.2. The molecule has 10 heteroatoms. The van der Waals surface area contributed by atoms with Crippen molar-refractivity contribution in [1.29, 1.82) is 5.26 Å². The SMILES string of the molecule is COC(=O)c1ccc(-c2ccc(/C=C3\C(=O)N([C@@H]4CCS(=O)(=O)C4)C(=O)C(C#N)=C3C)o2)cc1. The van der Waals surface area contributed by atoms with E-state index in [1.165, 1.54) is 20.1 Å². The molecule has 1 fully saturated rings. The van der Waals surface area contributed by atoms with E-state index in [2.05, 4.69) is 4.74 Å². The monoisotopic (exact) mass is 480 g/mol. The molecule has 34 heavy (non-hydrogen) atoms. The summed E-state index contributed by atoms with van der Waals surface area (Å²) in [5, 5.41) is 9.53. The van der Waals surface area contributed by atoms with Gasteiger partial charge in [-0.1, -0.05) is 12.1 Å². The van der Waals surface area contributed by atoms with Gasteiger partial charge in [0.15, 0.2) is 9.84 Å². The number of imide groups is 1. The average molecular weight is 480 g/mol. The quantitative estimate of drug-likeness (QED) is 0.370. The highest BCUT2D eigenvalue weighted by Crippen LogP contribution is 2.32. The van der Waals surface area contributed by atoms with Crippen molar-refractivity contribution in [2.75, 3.05) is 18.6 Å². The van der Waals surface area contributed by atoms with Crippen LogP contribution in [0.15, 0.2) is 57.5 Å². The van der Waals surface area contributed by atoms with Gasteiger partial charge in [0.2, 0.25) is 0 Å². The Bertz CT molecular complexity index is 1410. The third-order valence-corrected chi connectivity index (χ3v) is 7.60. The van der Waals surface area contributed by atoms with E-state index in [1.807, 2.05) is 6.07 Å². The van der Waals surface area contributed by atoms with E-state index in [0.717, 1.165) is 4.90 Å². The number of carbonyl (C=O) groups is 3. The molecule has 0 unspecified atom stereocenters. The Morgan fingerprint density at radius 2 is 1.88 bits per heavy atom. The Balaban J connectivity index is 1.68. The highest BCUT2D eigenvalue weighted by atomic mass is 32.2. The van der Waals surface area contributed by atoms with Crippen molar-refractivity contribution >= 4 is 33.7 Å². The molecular weight excluding hydrogens is 460 g/mol. The van der Waals surface area contributed by atoms with Crippen LogP contribution in [0.2, 0.25) is 0 Å². The highest BCUT2D eigenvalue weighted by Gasteiger charge is 2.43. The van der Waals surface area contributed by atoms with E-state index in [9.17, 15) is 28.1 Å². The van der Waals surface area contributed by atoms with Crippen LogP contribution in [0.4, 0.5) is 0 Å². The van der Waals surface area contributed by atoms with E-state index in [1.54, 1.807) is 36.4 Å². The summed E-state index contributed by atoms with van der Waals surface area (Å²) in [5.41, 5.74) is 1.15. The van der Waals surface area contributed by atoms with Gasteiger partial charge in [0.05, 0.1) is 30.2 Å². The van der Waals surface area contributed by atoms with E-state index in [0.29, 0.717) is 22.6 Å². The zero-order valence-corrected chi connectivity index (χ0v) is 19.2. The Morgan fingerprint density at radius 3 is 2.47 bits per heavy atom. The van der Waals surface area contributed by atoms with Crippen molar-refractivity contribution in [2.45, 2.75) is 19.4 Å². The minimum absolute atomic E-state index is 0.0855. The Kier molecular flexibility index (Phi) is 5.98. The minimum atomic E-state index is -3.36. The Labute approximate surface area is 195 Å². The average Bonchev–Trinajstić information content (AvgIpc) is 3.42. The predicted octanol–water partition coefficient (Wildman–Crippen LogP) is 2.51. The van der Waals surface area contributed by atoms with Crippen molar-refractivity contribution in [2.24, 2.45) is 0 Å². The third-order valence-electron chi connectivity index (χ3n) is 5.85. The first-order valence-corrected chi connectivity index (χ1v) is 12.2. The number of methoxy groups -OCH3 is 1. The molecule has 0 saturated carbocycles. The maximum Gasteiger partial charge on any atom is 0.337 e. The number of nitrogens with zero attached hydrogens (tertiary/aromatic N) is 2. The van der Waals surface area contributed by atoms with Crippen molar-refractivity contribution in [3.63, 3.8) is 0 Å². The van der Waals surface area contributed by atoms with Gasteiger partial charge in [-0.15, -0.1) is 0 Å². The summed E-state index contributed by atoms with van der Waals surface area (Å²) in [6.45, 7) is 1.50. The molecule has 1 saturated heterocycles. The maximum absolute atomic E-state index is 13.2. The van der Waals surface area contributed by atoms with Gasteiger partial charge in [-0.3, -0.25) is 14.5 Å². The predicted molar refractivity (Wildman–Crippen MR) is 121 cm³/mol. The molecule has 4 rings (SSSR count). The fourth-order valence-electron chi connectivity index (χ4n) is 4.03. The molecule has 0 N–H and O–H groups in total. The Hall–Kier alpha value is -3.97. The second kappa shape index (κ2) is 8.76. The largest absolute Gasteiger partial charge is 0.465 e. The molecule has 2 aromatic rings. The summed E-state index contributed by atoms with van der Waals surface area (Å²) in [6.07, 6.45) is 1.57. The number of hydrogen-bond acceptors (Lipinski definition) is 8. The minimum Gasteiger partial charge on any atom is -0.465 e. The van der Waals surface area contributed by atoms with Gasteiger partial charge in [0.25, 0.3) is 11.8 Å². The highest BCUT2D eigenvalue weighted by molar-refractivity contribution is 7.91. The second-order valence-corrected chi connectivity index (χ2v) is 10.2. The molecule has 1 aromatic carbocycles. The van der Waals surface area contributed by atoms with Gasteiger partial charge in [0.1, 0.15) is 23.2 Å². The van der Waals surface area contributed by atoms with E-state index >= 15 is 0 Å². The summed E-state index contributed by atoms with van der Waals surface area (Å²) in [5.74, 6) is -1.56. The molecule has 0 spiro atoms. The van der Waals surface area contributed by atoms with Gasteiger partial charge < -0.3 is 9.15 Å².